The maximum absolute atomic E-state index is 13.3. The average Bonchev–Trinajstić information content (AvgIpc) is 2.57. The van der Waals surface area contributed by atoms with E-state index in [0.29, 0.717) is 5.50 Å². The van der Waals surface area contributed by atoms with Crippen LogP contribution in [-0.4, -0.2) is 13.6 Å². The highest BCUT2D eigenvalue weighted by atomic mass is 35.5. The second-order valence-corrected chi connectivity index (χ2v) is 9.74. The lowest BCUT2D eigenvalue weighted by atomic mass is 10.3. The van der Waals surface area contributed by atoms with Crippen LogP contribution in [0.3, 0.4) is 0 Å². The Morgan fingerprint density at radius 3 is 1.78 bits per heavy atom. The Balaban J connectivity index is 2.53. The molecule has 0 spiro atoms. The molecular formula is C19H19ClF2Si. The monoisotopic (exact) mass is 348 g/mol. The second-order valence-electron chi connectivity index (χ2n) is 5.46. The minimum absolute atomic E-state index is 0.288. The van der Waals surface area contributed by atoms with Crippen LogP contribution in [0.5, 0.6) is 0 Å². The zero-order valence-electron chi connectivity index (χ0n) is 13.1. The van der Waals surface area contributed by atoms with Crippen LogP contribution in [0.25, 0.3) is 0 Å². The number of hydrogen-bond acceptors (Lipinski definition) is 0. The summed E-state index contributed by atoms with van der Waals surface area (Å²) in [5.74, 6) is 2.67. The molecule has 0 aromatic heterocycles. The molecule has 0 aliphatic heterocycles. The van der Waals surface area contributed by atoms with Gasteiger partial charge in [-0.3, -0.25) is 0 Å². The zero-order chi connectivity index (χ0) is 16.7. The molecule has 2 aromatic carbocycles. The summed E-state index contributed by atoms with van der Waals surface area (Å²) in [5, 5.41) is 1.90. The van der Waals surface area contributed by atoms with E-state index in [0.717, 1.165) is 29.6 Å². The van der Waals surface area contributed by atoms with Crippen molar-refractivity contribution in [1.29, 1.82) is 0 Å². The van der Waals surface area contributed by atoms with E-state index >= 15 is 0 Å². The molecule has 0 heterocycles. The third kappa shape index (κ3) is 4.22. The molecule has 0 saturated heterocycles. The minimum Gasteiger partial charge on any atom is -0.207 e. The molecule has 0 bridgehead atoms. The van der Waals surface area contributed by atoms with E-state index in [1.807, 2.05) is 0 Å². The van der Waals surface area contributed by atoms with E-state index in [1.54, 1.807) is 24.3 Å². The molecule has 4 heteroatoms. The number of benzene rings is 2. The van der Waals surface area contributed by atoms with Crippen molar-refractivity contribution in [1.82, 2.24) is 0 Å². The van der Waals surface area contributed by atoms with Crippen LogP contribution in [0.4, 0.5) is 8.78 Å². The molecule has 0 fully saturated rings. The first-order valence-corrected chi connectivity index (χ1v) is 10.4. The summed E-state index contributed by atoms with van der Waals surface area (Å²) in [6, 6.07) is 12.7. The quantitative estimate of drug-likeness (QED) is 0.331. The van der Waals surface area contributed by atoms with Crippen molar-refractivity contribution in [3.63, 3.8) is 0 Å². The molecular weight excluding hydrogens is 330 g/mol. The van der Waals surface area contributed by atoms with E-state index in [2.05, 4.69) is 18.4 Å². The first kappa shape index (κ1) is 17.7. The fourth-order valence-corrected chi connectivity index (χ4v) is 6.47. The molecule has 23 heavy (non-hydrogen) atoms. The topological polar surface area (TPSA) is 0 Å². The van der Waals surface area contributed by atoms with E-state index in [1.165, 1.54) is 24.3 Å². The normalized spacial score (nSPS) is 11.0. The van der Waals surface area contributed by atoms with Gasteiger partial charge in [0, 0.05) is 11.9 Å². The Morgan fingerprint density at radius 1 is 0.913 bits per heavy atom. The first-order valence-electron chi connectivity index (χ1n) is 7.70. The van der Waals surface area contributed by atoms with Crippen molar-refractivity contribution in [3.05, 3.63) is 60.2 Å². The predicted octanol–water partition coefficient (Wildman–Crippen LogP) is 4.04. The Bertz CT molecular complexity index is 639. The summed E-state index contributed by atoms with van der Waals surface area (Å²) in [4.78, 5) is 0. The van der Waals surface area contributed by atoms with Crippen molar-refractivity contribution in [2.75, 3.05) is 5.50 Å². The minimum atomic E-state index is -2.55. The highest BCUT2D eigenvalue weighted by molar-refractivity contribution is 7.11. The predicted molar refractivity (Wildman–Crippen MR) is 95.8 cm³/mol. The molecule has 0 saturated carbocycles. The maximum atomic E-state index is 13.3. The van der Waals surface area contributed by atoms with Gasteiger partial charge >= 0.3 is 0 Å². The van der Waals surface area contributed by atoms with E-state index in [9.17, 15) is 8.78 Å². The lowest BCUT2D eigenvalue weighted by molar-refractivity contribution is 0.628. The van der Waals surface area contributed by atoms with Gasteiger partial charge in [0.2, 0.25) is 8.07 Å². The van der Waals surface area contributed by atoms with E-state index in [-0.39, 0.29) is 11.6 Å². The summed E-state index contributed by atoms with van der Waals surface area (Å²) in [7, 11) is -2.55. The van der Waals surface area contributed by atoms with Crippen LogP contribution >= 0.6 is 11.6 Å². The van der Waals surface area contributed by atoms with Gasteiger partial charge in [0.1, 0.15) is 11.6 Å². The molecule has 2 aromatic rings. The van der Waals surface area contributed by atoms with Crippen molar-refractivity contribution >= 4 is 30.0 Å². The Labute approximate surface area is 142 Å². The Morgan fingerprint density at radius 2 is 1.39 bits per heavy atom. The molecule has 0 atom stereocenters. The van der Waals surface area contributed by atoms with E-state index in [4.69, 9.17) is 11.6 Å². The highest BCUT2D eigenvalue weighted by Crippen LogP contribution is 2.10. The molecule has 2 rings (SSSR count). The summed E-state index contributed by atoms with van der Waals surface area (Å²) in [5.41, 5.74) is 3.75. The smallest absolute Gasteiger partial charge is 0.207 e. The van der Waals surface area contributed by atoms with Gasteiger partial charge in [0.05, 0.1) is 0 Å². The van der Waals surface area contributed by atoms with Gasteiger partial charge in [0.15, 0.2) is 0 Å². The third-order valence-corrected chi connectivity index (χ3v) is 8.68. The number of hydrogen-bond donors (Lipinski definition) is 0. The molecule has 0 aliphatic rings. The first-order chi connectivity index (χ1) is 11.1. The molecule has 120 valence electrons. The van der Waals surface area contributed by atoms with Crippen LogP contribution in [0, 0.1) is 23.1 Å². The number of alkyl halides is 1. The van der Waals surface area contributed by atoms with Crippen molar-refractivity contribution < 1.29 is 8.78 Å². The standard InChI is InChI=1S/C19H19ClF2Si/c1-2-3-4-5-14-23(15-20,18-10-6-16(21)7-11-18)19-12-8-17(22)9-13-19/h6-13H,2-4,15H2,1H3. The van der Waals surface area contributed by atoms with Gasteiger partial charge < -0.3 is 0 Å². The lowest BCUT2D eigenvalue weighted by Gasteiger charge is -2.25. The number of halogens is 3. The van der Waals surface area contributed by atoms with Gasteiger partial charge in [-0.2, -0.15) is 0 Å². The van der Waals surface area contributed by atoms with Gasteiger partial charge in [-0.05, 0) is 41.1 Å². The molecule has 0 nitrogen and oxygen atoms in total. The van der Waals surface area contributed by atoms with Crippen LogP contribution in [0.2, 0.25) is 0 Å². The van der Waals surface area contributed by atoms with Crippen LogP contribution in [0.1, 0.15) is 26.2 Å². The number of rotatable bonds is 5. The largest absolute Gasteiger partial charge is 0.213 e. The summed E-state index contributed by atoms with van der Waals surface area (Å²) in [6.45, 7) is 2.12. The highest BCUT2D eigenvalue weighted by Gasteiger charge is 2.35. The summed E-state index contributed by atoms with van der Waals surface area (Å²) < 4.78 is 26.6. The fraction of sp³-hybridized carbons (Fsp3) is 0.263. The zero-order valence-corrected chi connectivity index (χ0v) is 14.8. The van der Waals surface area contributed by atoms with Gasteiger partial charge in [-0.25, -0.2) is 8.78 Å². The third-order valence-electron chi connectivity index (χ3n) is 3.83. The molecule has 0 N–H and O–H groups in total. The van der Waals surface area contributed by atoms with Crippen molar-refractivity contribution in [3.8, 4) is 11.5 Å². The summed E-state index contributed by atoms with van der Waals surface area (Å²) in [6.07, 6.45) is 2.92. The van der Waals surface area contributed by atoms with Crippen LogP contribution < -0.4 is 10.4 Å². The van der Waals surface area contributed by atoms with Crippen LogP contribution in [-0.2, 0) is 0 Å². The Kier molecular flexibility index (Phi) is 6.38. The van der Waals surface area contributed by atoms with Crippen molar-refractivity contribution in [2.24, 2.45) is 0 Å². The molecule has 0 unspecified atom stereocenters. The van der Waals surface area contributed by atoms with Crippen LogP contribution in [0.15, 0.2) is 48.5 Å². The molecule has 0 amide bonds. The van der Waals surface area contributed by atoms with E-state index < -0.39 is 8.07 Å². The van der Waals surface area contributed by atoms with Gasteiger partial charge in [-0.1, -0.05) is 37.6 Å². The van der Waals surface area contributed by atoms with Gasteiger partial charge in [-0.15, -0.1) is 23.1 Å². The van der Waals surface area contributed by atoms with Crippen molar-refractivity contribution in [2.45, 2.75) is 26.2 Å². The second kappa shape index (κ2) is 8.28. The Hall–Kier alpha value is -1.63. The SMILES string of the molecule is CCCCC#C[Si](CCl)(c1ccc(F)cc1)c1ccc(F)cc1. The number of unbranched alkanes of at least 4 members (excludes halogenated alkanes) is 2. The fourth-order valence-electron chi connectivity index (χ4n) is 2.45. The average molecular weight is 349 g/mol. The summed E-state index contributed by atoms with van der Waals surface area (Å²) >= 11 is 6.36. The molecule has 0 radical (unpaired) electrons. The molecule has 0 aliphatic carbocycles. The maximum Gasteiger partial charge on any atom is 0.213 e. The lowest BCUT2D eigenvalue weighted by Crippen LogP contribution is -2.59. The van der Waals surface area contributed by atoms with Gasteiger partial charge in [0.25, 0.3) is 0 Å².